The van der Waals surface area contributed by atoms with Crippen molar-refractivity contribution in [3.63, 3.8) is 0 Å². The number of pyridine rings is 3. The van der Waals surface area contributed by atoms with E-state index in [4.69, 9.17) is 21.3 Å². The molecule has 2 fully saturated rings. The Bertz CT molecular complexity index is 1720. The highest BCUT2D eigenvalue weighted by atomic mass is 35.5. The summed E-state index contributed by atoms with van der Waals surface area (Å²) in [7, 11) is 0. The maximum absolute atomic E-state index is 12.9. The predicted molar refractivity (Wildman–Crippen MR) is 153 cm³/mol. The van der Waals surface area contributed by atoms with E-state index in [-0.39, 0.29) is 17.1 Å². The van der Waals surface area contributed by atoms with Crippen LogP contribution in [-0.4, -0.2) is 60.9 Å². The standard InChI is InChI=1S/C29H29ClN8O2/c1-3-40-20-9-21(26-22-13-33-35-27(22)36-38(26)16-20)17-6-7-24(32-12-17)37-14-18-10-29(2,11-19(18)15-37)34-28(39)25-23(30)5-4-8-31-25/h4-9,12-13,16,18-19H,3,10-11,14-15H2,1-2H3,(H,34,39)(H,35,36)/t18-,19?,29?/m0/s1. The van der Waals surface area contributed by atoms with Crippen molar-refractivity contribution in [2.24, 2.45) is 11.8 Å². The molecule has 1 aliphatic heterocycles. The van der Waals surface area contributed by atoms with Crippen LogP contribution in [0, 0.1) is 11.8 Å². The minimum Gasteiger partial charge on any atom is -0.492 e. The molecule has 10 nitrogen and oxygen atoms in total. The molecule has 0 radical (unpaired) electrons. The number of aromatic nitrogens is 6. The molecule has 1 amide bonds. The molecule has 6 heterocycles. The molecule has 2 aliphatic rings. The van der Waals surface area contributed by atoms with E-state index in [1.54, 1.807) is 24.5 Å². The van der Waals surface area contributed by atoms with E-state index in [1.165, 1.54) is 0 Å². The number of fused-ring (bicyclic) bond motifs is 4. The van der Waals surface area contributed by atoms with Gasteiger partial charge in [0.2, 0.25) is 0 Å². The van der Waals surface area contributed by atoms with Gasteiger partial charge in [-0.05, 0) is 68.9 Å². The third-order valence-electron chi connectivity index (χ3n) is 8.19. The number of nitrogens with zero attached hydrogens (tertiary/aromatic N) is 6. The predicted octanol–water partition coefficient (Wildman–Crippen LogP) is 4.75. The number of amides is 1. The molecule has 7 rings (SSSR count). The Labute approximate surface area is 235 Å². The number of anilines is 1. The zero-order valence-corrected chi connectivity index (χ0v) is 23.0. The monoisotopic (exact) mass is 556 g/mol. The zero-order valence-electron chi connectivity index (χ0n) is 22.3. The number of carbonyl (C=O) groups is 1. The first-order valence-corrected chi connectivity index (χ1v) is 13.9. The molecule has 40 heavy (non-hydrogen) atoms. The lowest BCUT2D eigenvalue weighted by Gasteiger charge is -2.28. The summed E-state index contributed by atoms with van der Waals surface area (Å²) in [5.74, 6) is 2.46. The lowest BCUT2D eigenvalue weighted by molar-refractivity contribution is 0.0900. The molecule has 3 atom stereocenters. The van der Waals surface area contributed by atoms with Crippen LogP contribution in [0.3, 0.4) is 0 Å². The Kier molecular flexibility index (Phi) is 5.88. The van der Waals surface area contributed by atoms with Crippen molar-refractivity contribution < 1.29 is 9.53 Å². The molecular weight excluding hydrogens is 528 g/mol. The molecule has 204 valence electrons. The molecule has 1 aliphatic carbocycles. The number of carbonyl (C=O) groups excluding carboxylic acids is 1. The van der Waals surface area contributed by atoms with Gasteiger partial charge in [-0.15, -0.1) is 5.10 Å². The van der Waals surface area contributed by atoms with Crippen molar-refractivity contribution in [3.05, 3.63) is 65.8 Å². The first kappa shape index (κ1) is 24.8. The van der Waals surface area contributed by atoms with E-state index in [1.807, 2.05) is 29.9 Å². The van der Waals surface area contributed by atoms with Crippen LogP contribution in [-0.2, 0) is 0 Å². The van der Waals surface area contributed by atoms with Crippen LogP contribution in [0.5, 0.6) is 5.75 Å². The van der Waals surface area contributed by atoms with Crippen LogP contribution >= 0.6 is 11.6 Å². The fourth-order valence-electron chi connectivity index (χ4n) is 6.56. The van der Waals surface area contributed by atoms with Crippen molar-refractivity contribution in [1.29, 1.82) is 0 Å². The fourth-order valence-corrected chi connectivity index (χ4v) is 6.76. The summed E-state index contributed by atoms with van der Waals surface area (Å²) in [4.78, 5) is 24.3. The minimum atomic E-state index is -0.281. The fraction of sp³-hybridized carbons (Fsp3) is 0.345. The molecule has 2 N–H and O–H groups in total. The third kappa shape index (κ3) is 4.23. The molecular formula is C29H29ClN8O2. The number of aromatic amines is 1. The topological polar surface area (TPSA) is 113 Å². The van der Waals surface area contributed by atoms with Gasteiger partial charge in [0.1, 0.15) is 17.3 Å². The van der Waals surface area contributed by atoms with E-state index in [0.29, 0.717) is 23.5 Å². The summed E-state index contributed by atoms with van der Waals surface area (Å²) in [6.45, 7) is 6.49. The number of halogens is 1. The van der Waals surface area contributed by atoms with Gasteiger partial charge < -0.3 is 15.0 Å². The smallest absolute Gasteiger partial charge is 0.271 e. The average Bonchev–Trinajstić information content (AvgIpc) is 3.68. The zero-order chi connectivity index (χ0) is 27.4. The summed E-state index contributed by atoms with van der Waals surface area (Å²) in [5, 5.41) is 16.3. The van der Waals surface area contributed by atoms with Crippen molar-refractivity contribution >= 4 is 39.9 Å². The van der Waals surface area contributed by atoms with Gasteiger partial charge >= 0.3 is 0 Å². The van der Waals surface area contributed by atoms with Gasteiger partial charge in [-0.1, -0.05) is 11.6 Å². The quantitative estimate of drug-likeness (QED) is 0.310. The van der Waals surface area contributed by atoms with E-state index >= 15 is 0 Å². The average molecular weight is 557 g/mol. The molecule has 1 saturated carbocycles. The lowest BCUT2D eigenvalue weighted by atomic mass is 9.97. The summed E-state index contributed by atoms with van der Waals surface area (Å²) in [6.07, 6.45) is 9.03. The van der Waals surface area contributed by atoms with Crippen molar-refractivity contribution in [2.45, 2.75) is 32.2 Å². The second-order valence-corrected chi connectivity index (χ2v) is 11.4. The number of ether oxygens (including phenoxy) is 1. The van der Waals surface area contributed by atoms with Crippen LogP contribution in [0.2, 0.25) is 5.02 Å². The second kappa shape index (κ2) is 9.48. The lowest BCUT2D eigenvalue weighted by Crippen LogP contribution is -2.45. The molecule has 1 saturated heterocycles. The first-order chi connectivity index (χ1) is 19.4. The summed E-state index contributed by atoms with van der Waals surface area (Å²) in [5.41, 5.74) is 3.67. The Morgan fingerprint density at radius 2 is 2.02 bits per heavy atom. The van der Waals surface area contributed by atoms with Gasteiger partial charge in [0.25, 0.3) is 5.91 Å². The number of rotatable bonds is 6. The molecule has 2 unspecified atom stereocenters. The number of hydrogen-bond acceptors (Lipinski definition) is 7. The molecule has 5 aromatic heterocycles. The largest absolute Gasteiger partial charge is 0.492 e. The second-order valence-electron chi connectivity index (χ2n) is 11.0. The number of H-pyrrole nitrogens is 1. The summed E-state index contributed by atoms with van der Waals surface area (Å²) < 4.78 is 7.66. The summed E-state index contributed by atoms with van der Waals surface area (Å²) in [6, 6.07) is 9.66. The van der Waals surface area contributed by atoms with Gasteiger partial charge in [0.05, 0.1) is 34.9 Å². The third-order valence-corrected chi connectivity index (χ3v) is 8.49. The van der Waals surface area contributed by atoms with Crippen molar-refractivity contribution in [3.8, 4) is 16.9 Å². The molecule has 0 aromatic carbocycles. The first-order valence-electron chi connectivity index (χ1n) is 13.5. The minimum absolute atomic E-state index is 0.212. The van der Waals surface area contributed by atoms with Gasteiger partial charge in [-0.2, -0.15) is 5.10 Å². The number of nitrogens with one attached hydrogen (secondary N) is 2. The molecule has 0 spiro atoms. The Morgan fingerprint density at radius 1 is 1.20 bits per heavy atom. The highest BCUT2D eigenvalue weighted by Gasteiger charge is 2.47. The van der Waals surface area contributed by atoms with Gasteiger partial charge in [-0.3, -0.25) is 9.89 Å². The van der Waals surface area contributed by atoms with Gasteiger partial charge in [0.15, 0.2) is 5.65 Å². The van der Waals surface area contributed by atoms with Crippen LogP contribution in [0.25, 0.3) is 27.7 Å². The highest BCUT2D eigenvalue weighted by molar-refractivity contribution is 6.33. The number of hydrogen-bond donors (Lipinski definition) is 2. The molecule has 0 bridgehead atoms. The summed E-state index contributed by atoms with van der Waals surface area (Å²) >= 11 is 6.20. The molecule has 5 aromatic rings. The van der Waals surface area contributed by atoms with Crippen molar-refractivity contribution in [2.75, 3.05) is 24.6 Å². The van der Waals surface area contributed by atoms with Crippen LogP contribution in [0.1, 0.15) is 37.2 Å². The Hall–Kier alpha value is -4.18. The Morgan fingerprint density at radius 3 is 2.75 bits per heavy atom. The van der Waals surface area contributed by atoms with E-state index in [0.717, 1.165) is 65.2 Å². The molecule has 11 heteroatoms. The highest BCUT2D eigenvalue weighted by Crippen LogP contribution is 2.45. The van der Waals surface area contributed by atoms with Crippen LogP contribution in [0.4, 0.5) is 5.82 Å². The maximum Gasteiger partial charge on any atom is 0.271 e. The van der Waals surface area contributed by atoms with E-state index in [9.17, 15) is 4.79 Å². The van der Waals surface area contributed by atoms with Crippen LogP contribution in [0.15, 0.2) is 55.1 Å². The Balaban J connectivity index is 1.08. The maximum atomic E-state index is 12.9. The normalized spacial score (nSPS) is 22.2. The van der Waals surface area contributed by atoms with E-state index < -0.39 is 0 Å². The van der Waals surface area contributed by atoms with Gasteiger partial charge in [0, 0.05) is 42.1 Å². The van der Waals surface area contributed by atoms with Gasteiger partial charge in [-0.25, -0.2) is 14.5 Å². The SMILES string of the molecule is CCOc1cc(-c2ccc(N3CC4CC(C)(NC(=O)c5ncccc5Cl)C[C@H]4C3)nc2)c2c3cn[nH]c3nn2c1. The van der Waals surface area contributed by atoms with Crippen LogP contribution < -0.4 is 15.0 Å². The van der Waals surface area contributed by atoms with E-state index in [2.05, 4.69) is 49.6 Å². The van der Waals surface area contributed by atoms with Crippen molar-refractivity contribution in [1.82, 2.24) is 35.1 Å².